The Morgan fingerprint density at radius 3 is 2.28 bits per heavy atom. The maximum atomic E-state index is 13.2. The maximum absolute atomic E-state index is 13.2. The number of hydrogen-bond donors (Lipinski definition) is 3. The lowest BCUT2D eigenvalue weighted by Gasteiger charge is -2.16. The van der Waals surface area contributed by atoms with E-state index in [9.17, 15) is 19.5 Å². The molecule has 0 aliphatic carbocycles. The van der Waals surface area contributed by atoms with Crippen molar-refractivity contribution in [1.29, 1.82) is 0 Å². The number of anilines is 2. The van der Waals surface area contributed by atoms with Gasteiger partial charge in [-0.15, -0.1) is 11.8 Å². The summed E-state index contributed by atoms with van der Waals surface area (Å²) >= 11 is 4.86. The van der Waals surface area contributed by atoms with Gasteiger partial charge in [-0.25, -0.2) is 4.79 Å². The molecule has 4 aromatic rings. The smallest absolute Gasteiger partial charge is 0.336 e. The number of benzene rings is 4. The van der Waals surface area contributed by atoms with Crippen LogP contribution in [0.2, 0.25) is 0 Å². The fourth-order valence-electron chi connectivity index (χ4n) is 3.82. The first-order valence-corrected chi connectivity index (χ1v) is 12.9. The number of carboxylic acid groups (broad SMARTS) is 1. The van der Waals surface area contributed by atoms with Crippen molar-refractivity contribution in [2.24, 2.45) is 0 Å². The number of carbonyl (C=O) groups excluding carboxylic acids is 2. The highest BCUT2D eigenvalue weighted by Gasteiger charge is 2.20. The van der Waals surface area contributed by atoms with Crippen LogP contribution in [0.1, 0.15) is 34.1 Å². The molecule has 0 heterocycles. The zero-order valence-corrected chi connectivity index (χ0v) is 21.7. The number of halogens is 1. The molecule has 0 fully saturated rings. The van der Waals surface area contributed by atoms with Gasteiger partial charge in [0.05, 0.1) is 16.5 Å². The average Bonchev–Trinajstić information content (AvgIpc) is 2.88. The van der Waals surface area contributed by atoms with Gasteiger partial charge in [0.15, 0.2) is 0 Å². The first-order chi connectivity index (χ1) is 17.4. The molecule has 0 aliphatic heterocycles. The van der Waals surface area contributed by atoms with E-state index < -0.39 is 11.9 Å². The van der Waals surface area contributed by atoms with Crippen LogP contribution in [-0.4, -0.2) is 28.1 Å². The SMILES string of the molecule is CCC(Sc1cccc(NC(=O)c2cccc3cccc(C(=O)O)c23)c1)C(=O)Nc1ccccc1Br. The van der Waals surface area contributed by atoms with E-state index in [0.29, 0.717) is 28.6 Å². The Bertz CT molecular complexity index is 1450. The second-order valence-electron chi connectivity index (χ2n) is 7.98. The quantitative estimate of drug-likeness (QED) is 0.200. The van der Waals surface area contributed by atoms with Crippen LogP contribution in [0.4, 0.5) is 11.4 Å². The lowest BCUT2D eigenvalue weighted by atomic mass is 9.98. The van der Waals surface area contributed by atoms with Crippen LogP contribution in [0.3, 0.4) is 0 Å². The van der Waals surface area contributed by atoms with E-state index in [1.807, 2.05) is 43.3 Å². The second kappa shape index (κ2) is 11.4. The number of fused-ring (bicyclic) bond motifs is 1. The molecule has 0 saturated carbocycles. The van der Waals surface area contributed by atoms with Crippen LogP contribution in [0.15, 0.2) is 94.3 Å². The minimum absolute atomic E-state index is 0.0735. The van der Waals surface area contributed by atoms with E-state index in [-0.39, 0.29) is 22.3 Å². The van der Waals surface area contributed by atoms with Crippen LogP contribution in [-0.2, 0) is 4.79 Å². The van der Waals surface area contributed by atoms with Gasteiger partial charge < -0.3 is 15.7 Å². The summed E-state index contributed by atoms with van der Waals surface area (Å²) in [6.07, 6.45) is 0.617. The summed E-state index contributed by atoms with van der Waals surface area (Å²) in [5.41, 5.74) is 1.61. The normalized spacial score (nSPS) is 11.6. The van der Waals surface area contributed by atoms with E-state index in [2.05, 4.69) is 26.6 Å². The number of carbonyl (C=O) groups is 3. The van der Waals surface area contributed by atoms with Crippen molar-refractivity contribution in [3.63, 3.8) is 0 Å². The average molecular weight is 563 g/mol. The predicted molar refractivity (Wildman–Crippen MR) is 148 cm³/mol. The van der Waals surface area contributed by atoms with Gasteiger partial charge in [-0.2, -0.15) is 0 Å². The molecule has 0 bridgehead atoms. The van der Waals surface area contributed by atoms with Gasteiger partial charge in [-0.05, 0) is 70.2 Å². The summed E-state index contributed by atoms with van der Waals surface area (Å²) in [4.78, 5) is 38.6. The minimum Gasteiger partial charge on any atom is -0.478 e. The van der Waals surface area contributed by atoms with Crippen LogP contribution in [0, 0.1) is 0 Å². The summed E-state index contributed by atoms with van der Waals surface area (Å²) in [5, 5.41) is 16.2. The standard InChI is InChI=1S/C28H23BrN2O4S/c1-2-24(27(33)31-23-15-4-3-14-22(23)29)36-19-11-7-10-18(16-19)30-26(32)20-12-5-8-17-9-6-13-21(25(17)20)28(34)35/h3-16,24H,2H2,1H3,(H,30,32)(H,31,33)(H,34,35). The Labute approximate surface area is 221 Å². The monoisotopic (exact) mass is 562 g/mol. The Balaban J connectivity index is 1.52. The molecule has 6 nitrogen and oxygen atoms in total. The molecule has 3 N–H and O–H groups in total. The van der Waals surface area contributed by atoms with Crippen molar-refractivity contribution < 1.29 is 19.5 Å². The lowest BCUT2D eigenvalue weighted by Crippen LogP contribution is -2.24. The molecule has 1 atom stereocenters. The first-order valence-electron chi connectivity index (χ1n) is 11.3. The number of thioether (sulfide) groups is 1. The molecule has 36 heavy (non-hydrogen) atoms. The summed E-state index contributed by atoms with van der Waals surface area (Å²) in [6.45, 7) is 1.95. The molecule has 1 unspecified atom stereocenters. The van der Waals surface area contributed by atoms with Crippen LogP contribution in [0.5, 0.6) is 0 Å². The number of amides is 2. The molecule has 8 heteroatoms. The van der Waals surface area contributed by atoms with Gasteiger partial charge in [-0.3, -0.25) is 9.59 Å². The topological polar surface area (TPSA) is 95.5 Å². The fourth-order valence-corrected chi connectivity index (χ4v) is 5.21. The third kappa shape index (κ3) is 5.78. The number of nitrogens with one attached hydrogen (secondary N) is 2. The molecule has 0 spiro atoms. The molecular weight excluding hydrogens is 540 g/mol. The summed E-state index contributed by atoms with van der Waals surface area (Å²) in [7, 11) is 0. The molecule has 2 amide bonds. The third-order valence-corrected chi connectivity index (χ3v) is 7.59. The Morgan fingerprint density at radius 2 is 1.58 bits per heavy atom. The van der Waals surface area contributed by atoms with Crippen molar-refractivity contribution in [1.82, 2.24) is 0 Å². The van der Waals surface area contributed by atoms with E-state index in [4.69, 9.17) is 0 Å². The first kappa shape index (κ1) is 25.5. The zero-order chi connectivity index (χ0) is 25.7. The second-order valence-corrected chi connectivity index (χ2v) is 10.1. The van der Waals surface area contributed by atoms with Crippen LogP contribution in [0.25, 0.3) is 10.8 Å². The van der Waals surface area contributed by atoms with E-state index in [0.717, 1.165) is 9.37 Å². The van der Waals surface area contributed by atoms with Crippen molar-refractivity contribution in [2.45, 2.75) is 23.5 Å². The van der Waals surface area contributed by atoms with Gasteiger partial charge in [0.25, 0.3) is 5.91 Å². The number of carboxylic acids is 1. The van der Waals surface area contributed by atoms with Gasteiger partial charge in [0.2, 0.25) is 5.91 Å². The van der Waals surface area contributed by atoms with Crippen LogP contribution >= 0.6 is 27.7 Å². The molecule has 0 saturated heterocycles. The highest BCUT2D eigenvalue weighted by atomic mass is 79.9. The Kier molecular flexibility index (Phi) is 8.07. The summed E-state index contributed by atoms with van der Waals surface area (Å²) < 4.78 is 0.808. The number of aromatic carboxylic acids is 1. The number of hydrogen-bond acceptors (Lipinski definition) is 4. The molecule has 0 radical (unpaired) electrons. The molecule has 0 aliphatic rings. The highest BCUT2D eigenvalue weighted by Crippen LogP contribution is 2.30. The van der Waals surface area contributed by atoms with Crippen molar-refractivity contribution in [2.75, 3.05) is 10.6 Å². The zero-order valence-electron chi connectivity index (χ0n) is 19.3. The van der Waals surface area contributed by atoms with E-state index in [1.165, 1.54) is 17.8 Å². The molecule has 4 aromatic carbocycles. The van der Waals surface area contributed by atoms with Gasteiger partial charge >= 0.3 is 5.97 Å². The summed E-state index contributed by atoms with van der Waals surface area (Å²) in [6, 6.07) is 24.7. The molecular formula is C28H23BrN2O4S. The van der Waals surface area contributed by atoms with Crippen molar-refractivity contribution in [3.05, 3.63) is 101 Å². The molecule has 0 aromatic heterocycles. The Hall–Kier alpha value is -3.62. The summed E-state index contributed by atoms with van der Waals surface area (Å²) in [5.74, 6) is -1.61. The van der Waals surface area contributed by atoms with Gasteiger partial charge in [0.1, 0.15) is 0 Å². The largest absolute Gasteiger partial charge is 0.478 e. The van der Waals surface area contributed by atoms with Crippen molar-refractivity contribution in [3.8, 4) is 0 Å². The van der Waals surface area contributed by atoms with E-state index >= 15 is 0 Å². The maximum Gasteiger partial charge on any atom is 0.336 e. The third-order valence-electron chi connectivity index (χ3n) is 5.54. The molecule has 182 valence electrons. The minimum atomic E-state index is -1.09. The molecule has 4 rings (SSSR count). The van der Waals surface area contributed by atoms with Crippen molar-refractivity contribution >= 4 is 67.6 Å². The highest BCUT2D eigenvalue weighted by molar-refractivity contribution is 9.10. The van der Waals surface area contributed by atoms with E-state index in [1.54, 1.807) is 42.5 Å². The van der Waals surface area contributed by atoms with Crippen LogP contribution < -0.4 is 10.6 Å². The fraction of sp³-hybridized carbons (Fsp3) is 0.107. The Morgan fingerprint density at radius 1 is 0.889 bits per heavy atom. The van der Waals surface area contributed by atoms with Gasteiger partial charge in [-0.1, -0.05) is 49.4 Å². The number of para-hydroxylation sites is 1. The number of rotatable bonds is 8. The lowest BCUT2D eigenvalue weighted by molar-refractivity contribution is -0.115. The predicted octanol–water partition coefficient (Wildman–Crippen LogP) is 7.06. The van der Waals surface area contributed by atoms with Gasteiger partial charge in [0, 0.05) is 26.0 Å².